The van der Waals surface area contributed by atoms with Gasteiger partial charge in [-0.3, -0.25) is 0 Å². The Morgan fingerprint density at radius 1 is 1.33 bits per heavy atom. The van der Waals surface area contributed by atoms with Crippen molar-refractivity contribution in [3.8, 4) is 11.3 Å². The highest BCUT2D eigenvalue weighted by Crippen LogP contribution is 2.31. The van der Waals surface area contributed by atoms with Gasteiger partial charge in [-0.15, -0.1) is 0 Å². The number of hydrogen-bond donors (Lipinski definition) is 1. The lowest BCUT2D eigenvalue weighted by molar-refractivity contribution is 0.481. The van der Waals surface area contributed by atoms with Crippen LogP contribution in [0.4, 0.5) is 0 Å². The first-order chi connectivity index (χ1) is 8.60. The maximum absolute atomic E-state index is 5.90. The summed E-state index contributed by atoms with van der Waals surface area (Å²) >= 11 is 5.87. The number of nitrogens with one attached hydrogen (secondary N) is 1. The average molecular weight is 420 g/mol. The standard InChI is InChI=1S/C14H15BrINO/c1-9(17-2)7-11-4-6-14(18-11)12-8-10(16)3-5-13(12)15/h3-6,8-9,17H,7H2,1-2H3. The van der Waals surface area contributed by atoms with E-state index in [1.807, 2.05) is 13.1 Å². The van der Waals surface area contributed by atoms with E-state index in [-0.39, 0.29) is 0 Å². The van der Waals surface area contributed by atoms with Gasteiger partial charge in [-0.25, -0.2) is 0 Å². The number of hydrogen-bond acceptors (Lipinski definition) is 2. The van der Waals surface area contributed by atoms with Crippen molar-refractivity contribution in [1.29, 1.82) is 0 Å². The zero-order valence-corrected chi connectivity index (χ0v) is 14.1. The largest absolute Gasteiger partial charge is 0.461 e. The van der Waals surface area contributed by atoms with Gasteiger partial charge in [0.15, 0.2) is 0 Å². The normalized spacial score (nSPS) is 12.7. The van der Waals surface area contributed by atoms with Crippen molar-refractivity contribution in [2.45, 2.75) is 19.4 Å². The molecule has 0 radical (unpaired) electrons. The van der Waals surface area contributed by atoms with Gasteiger partial charge in [-0.1, -0.05) is 15.9 Å². The van der Waals surface area contributed by atoms with Gasteiger partial charge in [0.25, 0.3) is 0 Å². The number of benzene rings is 1. The average Bonchev–Trinajstić information content (AvgIpc) is 2.80. The van der Waals surface area contributed by atoms with Crippen molar-refractivity contribution in [2.75, 3.05) is 7.05 Å². The Balaban J connectivity index is 2.26. The fourth-order valence-electron chi connectivity index (χ4n) is 1.72. The summed E-state index contributed by atoms with van der Waals surface area (Å²) in [5.74, 6) is 1.93. The summed E-state index contributed by atoms with van der Waals surface area (Å²) in [6.07, 6.45) is 0.901. The van der Waals surface area contributed by atoms with E-state index < -0.39 is 0 Å². The summed E-state index contributed by atoms with van der Waals surface area (Å²) in [6.45, 7) is 2.14. The molecule has 96 valence electrons. The first kappa shape index (κ1) is 14.1. The minimum atomic E-state index is 0.420. The van der Waals surface area contributed by atoms with Crippen LogP contribution >= 0.6 is 38.5 Å². The second-order valence-corrected chi connectivity index (χ2v) is 6.38. The van der Waals surface area contributed by atoms with Crippen LogP contribution in [0.1, 0.15) is 12.7 Å². The maximum Gasteiger partial charge on any atom is 0.135 e. The van der Waals surface area contributed by atoms with Gasteiger partial charge in [0.1, 0.15) is 11.5 Å². The molecule has 0 aliphatic heterocycles. The number of likely N-dealkylation sites (N-methyl/N-ethyl adjacent to an activating group) is 1. The Morgan fingerprint density at radius 2 is 2.11 bits per heavy atom. The van der Waals surface area contributed by atoms with Crippen LogP contribution in [-0.2, 0) is 6.42 Å². The van der Waals surface area contributed by atoms with Crippen molar-refractivity contribution in [1.82, 2.24) is 5.32 Å². The molecule has 1 aromatic carbocycles. The van der Waals surface area contributed by atoms with E-state index in [1.165, 1.54) is 3.57 Å². The SMILES string of the molecule is CNC(C)Cc1ccc(-c2cc(I)ccc2Br)o1. The van der Waals surface area contributed by atoms with E-state index in [1.54, 1.807) is 0 Å². The molecule has 1 atom stereocenters. The second kappa shape index (κ2) is 6.21. The summed E-state index contributed by atoms with van der Waals surface area (Å²) in [7, 11) is 1.96. The minimum Gasteiger partial charge on any atom is -0.461 e. The van der Waals surface area contributed by atoms with Crippen LogP contribution < -0.4 is 5.32 Å². The molecule has 2 nitrogen and oxygen atoms in total. The molecule has 1 unspecified atom stereocenters. The van der Waals surface area contributed by atoms with E-state index in [4.69, 9.17) is 4.42 Å². The highest BCUT2D eigenvalue weighted by molar-refractivity contribution is 14.1. The van der Waals surface area contributed by atoms with Gasteiger partial charge in [0, 0.05) is 26.1 Å². The highest BCUT2D eigenvalue weighted by atomic mass is 127. The summed E-state index contributed by atoms with van der Waals surface area (Å²) in [4.78, 5) is 0. The number of rotatable bonds is 4. The monoisotopic (exact) mass is 419 g/mol. The van der Waals surface area contributed by atoms with Gasteiger partial charge in [-0.2, -0.15) is 0 Å². The minimum absolute atomic E-state index is 0.420. The quantitative estimate of drug-likeness (QED) is 0.740. The number of halogens is 2. The van der Waals surface area contributed by atoms with E-state index in [0.29, 0.717) is 6.04 Å². The molecular formula is C14H15BrINO. The third-order valence-corrected chi connectivity index (χ3v) is 4.22. The Labute approximate surface area is 129 Å². The highest BCUT2D eigenvalue weighted by Gasteiger charge is 2.10. The molecule has 0 aliphatic rings. The summed E-state index contributed by atoms with van der Waals surface area (Å²) in [5, 5.41) is 3.21. The Hall–Kier alpha value is -0.330. The predicted octanol–water partition coefficient (Wildman–Crippen LogP) is 4.46. The van der Waals surface area contributed by atoms with E-state index in [9.17, 15) is 0 Å². The lowest BCUT2D eigenvalue weighted by Gasteiger charge is -2.07. The van der Waals surface area contributed by atoms with Gasteiger partial charge < -0.3 is 9.73 Å². The van der Waals surface area contributed by atoms with Gasteiger partial charge in [0.05, 0.1) is 0 Å². The van der Waals surface area contributed by atoms with Crippen LogP contribution in [0.2, 0.25) is 0 Å². The molecule has 0 amide bonds. The molecule has 1 heterocycles. The van der Waals surface area contributed by atoms with Crippen LogP contribution in [0, 0.1) is 3.57 Å². The lowest BCUT2D eigenvalue weighted by atomic mass is 10.2. The lowest BCUT2D eigenvalue weighted by Crippen LogP contribution is -2.23. The van der Waals surface area contributed by atoms with Crippen LogP contribution in [0.25, 0.3) is 11.3 Å². The Morgan fingerprint density at radius 3 is 2.83 bits per heavy atom. The van der Waals surface area contributed by atoms with Crippen LogP contribution in [0.5, 0.6) is 0 Å². The molecule has 1 aromatic heterocycles. The fourth-order valence-corrected chi connectivity index (χ4v) is 2.66. The zero-order valence-electron chi connectivity index (χ0n) is 10.3. The van der Waals surface area contributed by atoms with Gasteiger partial charge >= 0.3 is 0 Å². The van der Waals surface area contributed by atoms with Crippen LogP contribution in [0.3, 0.4) is 0 Å². The second-order valence-electron chi connectivity index (χ2n) is 4.28. The fraction of sp³-hybridized carbons (Fsp3) is 0.286. The van der Waals surface area contributed by atoms with Crippen molar-refractivity contribution >= 4 is 38.5 Å². The van der Waals surface area contributed by atoms with E-state index in [2.05, 4.69) is 75.0 Å². The van der Waals surface area contributed by atoms with Crippen LogP contribution in [-0.4, -0.2) is 13.1 Å². The molecule has 0 aliphatic carbocycles. The molecular weight excluding hydrogens is 405 g/mol. The Kier molecular flexibility index (Phi) is 4.86. The molecule has 0 bridgehead atoms. The van der Waals surface area contributed by atoms with Crippen molar-refractivity contribution in [3.05, 3.63) is 44.1 Å². The summed E-state index contributed by atoms with van der Waals surface area (Å²) in [5.41, 5.74) is 1.10. The Bertz CT molecular complexity index is 538. The summed E-state index contributed by atoms with van der Waals surface area (Å²) < 4.78 is 8.17. The number of furan rings is 1. The topological polar surface area (TPSA) is 25.2 Å². The third-order valence-electron chi connectivity index (χ3n) is 2.86. The maximum atomic E-state index is 5.90. The molecule has 1 N–H and O–H groups in total. The zero-order chi connectivity index (χ0) is 13.1. The van der Waals surface area contributed by atoms with Crippen molar-refractivity contribution in [3.63, 3.8) is 0 Å². The van der Waals surface area contributed by atoms with Gasteiger partial charge in [-0.05, 0) is 66.9 Å². The molecule has 2 aromatic rings. The van der Waals surface area contributed by atoms with Crippen molar-refractivity contribution < 1.29 is 4.42 Å². The molecule has 18 heavy (non-hydrogen) atoms. The molecule has 0 saturated carbocycles. The molecule has 4 heteroatoms. The molecule has 0 saturated heterocycles. The van der Waals surface area contributed by atoms with E-state index >= 15 is 0 Å². The third kappa shape index (κ3) is 3.36. The molecule has 0 spiro atoms. The van der Waals surface area contributed by atoms with Crippen molar-refractivity contribution in [2.24, 2.45) is 0 Å². The van der Waals surface area contributed by atoms with E-state index in [0.717, 1.165) is 28.0 Å². The summed E-state index contributed by atoms with van der Waals surface area (Å²) in [6, 6.07) is 10.7. The molecule has 2 rings (SSSR count). The predicted molar refractivity (Wildman–Crippen MR) is 86.8 cm³/mol. The smallest absolute Gasteiger partial charge is 0.135 e. The molecule has 0 fully saturated rings. The van der Waals surface area contributed by atoms with Crippen LogP contribution in [0.15, 0.2) is 39.2 Å². The first-order valence-electron chi connectivity index (χ1n) is 5.81. The van der Waals surface area contributed by atoms with Gasteiger partial charge in [0.2, 0.25) is 0 Å². The first-order valence-corrected chi connectivity index (χ1v) is 7.68.